The van der Waals surface area contributed by atoms with Gasteiger partial charge in [0.1, 0.15) is 11.5 Å². The zero-order chi connectivity index (χ0) is 18.0. The van der Waals surface area contributed by atoms with Crippen molar-refractivity contribution in [3.8, 4) is 11.5 Å². The lowest BCUT2D eigenvalue weighted by Crippen LogP contribution is -2.36. The molecule has 2 heterocycles. The maximum absolute atomic E-state index is 12.7. The lowest BCUT2D eigenvalue weighted by Gasteiger charge is -2.21. The van der Waals surface area contributed by atoms with Crippen LogP contribution in [0.3, 0.4) is 0 Å². The molecule has 0 bridgehead atoms. The van der Waals surface area contributed by atoms with Gasteiger partial charge in [-0.2, -0.15) is 0 Å². The number of carbonyl (C=O) groups is 2. The van der Waals surface area contributed by atoms with Gasteiger partial charge in [-0.25, -0.2) is 0 Å². The molecule has 2 saturated heterocycles. The Balaban J connectivity index is 0.00000243. The second-order valence-corrected chi connectivity index (χ2v) is 6.65. The summed E-state index contributed by atoms with van der Waals surface area (Å²) >= 11 is 0. The van der Waals surface area contributed by atoms with Crippen LogP contribution in [0.1, 0.15) is 12.8 Å². The molecule has 1 aromatic carbocycles. The van der Waals surface area contributed by atoms with Crippen LogP contribution >= 0.6 is 12.4 Å². The molecule has 2 aliphatic heterocycles. The van der Waals surface area contributed by atoms with Crippen LogP contribution in [0.5, 0.6) is 11.5 Å². The van der Waals surface area contributed by atoms with Gasteiger partial charge in [-0.05, 0) is 18.9 Å². The maximum Gasteiger partial charge on any atom is 0.228 e. The summed E-state index contributed by atoms with van der Waals surface area (Å²) in [5.74, 6) is 1.30. The van der Waals surface area contributed by atoms with Gasteiger partial charge >= 0.3 is 0 Å². The van der Waals surface area contributed by atoms with E-state index in [4.69, 9.17) is 15.2 Å². The van der Waals surface area contributed by atoms with E-state index in [0.717, 1.165) is 13.0 Å². The monoisotopic (exact) mass is 383 g/mol. The largest absolute Gasteiger partial charge is 0.497 e. The summed E-state index contributed by atoms with van der Waals surface area (Å²) in [7, 11) is 3.13. The molecule has 7 nitrogen and oxygen atoms in total. The van der Waals surface area contributed by atoms with Gasteiger partial charge in [0.05, 0.1) is 25.8 Å². The van der Waals surface area contributed by atoms with Gasteiger partial charge < -0.3 is 25.0 Å². The number of anilines is 1. The van der Waals surface area contributed by atoms with Crippen LogP contribution in [0.2, 0.25) is 0 Å². The van der Waals surface area contributed by atoms with Gasteiger partial charge in [0.25, 0.3) is 0 Å². The molecule has 0 radical (unpaired) electrons. The maximum atomic E-state index is 12.7. The first-order chi connectivity index (χ1) is 12.0. The summed E-state index contributed by atoms with van der Waals surface area (Å²) in [6.07, 6.45) is 1.18. The van der Waals surface area contributed by atoms with Crippen LogP contribution in [-0.2, 0) is 9.59 Å². The van der Waals surface area contributed by atoms with Crippen molar-refractivity contribution in [2.24, 2.45) is 17.6 Å². The number of amides is 2. The minimum Gasteiger partial charge on any atom is -0.497 e. The smallest absolute Gasteiger partial charge is 0.228 e. The molecule has 2 amide bonds. The Hall–Kier alpha value is -1.99. The Kier molecular flexibility index (Phi) is 6.72. The summed E-state index contributed by atoms with van der Waals surface area (Å²) in [6, 6.07) is 5.32. The predicted octanol–water partition coefficient (Wildman–Crippen LogP) is 1.29. The number of halogens is 1. The van der Waals surface area contributed by atoms with Crippen molar-refractivity contribution in [3.63, 3.8) is 0 Å². The summed E-state index contributed by atoms with van der Waals surface area (Å²) in [4.78, 5) is 28.7. The first-order valence-electron chi connectivity index (χ1n) is 8.58. The van der Waals surface area contributed by atoms with Gasteiger partial charge in [0.15, 0.2) is 0 Å². The standard InChI is InChI=1S/C18H25N3O4.ClH/c1-24-15-6-14(7-16(8-15)25-2)21-11-13(5-17(21)22)18(23)20-4-3-12(9-19)10-20;/h6-8,12-13H,3-5,9-11,19H2,1-2H3;1H. The summed E-state index contributed by atoms with van der Waals surface area (Å²) in [5, 5.41) is 0. The number of benzene rings is 1. The first kappa shape index (κ1) is 20.3. The Morgan fingerprint density at radius 1 is 1.19 bits per heavy atom. The molecule has 0 saturated carbocycles. The lowest BCUT2D eigenvalue weighted by molar-refractivity contribution is -0.134. The number of likely N-dealkylation sites (tertiary alicyclic amines) is 1. The molecule has 2 atom stereocenters. The van der Waals surface area contributed by atoms with E-state index < -0.39 is 0 Å². The number of methoxy groups -OCH3 is 2. The lowest BCUT2D eigenvalue weighted by atomic mass is 10.1. The minimum atomic E-state index is -0.304. The highest BCUT2D eigenvalue weighted by molar-refractivity contribution is 6.00. The number of ether oxygens (including phenoxy) is 2. The molecule has 2 fully saturated rings. The van der Waals surface area contributed by atoms with E-state index in [-0.39, 0.29) is 36.6 Å². The number of rotatable bonds is 5. The molecule has 2 unspecified atom stereocenters. The van der Waals surface area contributed by atoms with E-state index in [0.29, 0.717) is 42.7 Å². The average molecular weight is 384 g/mol. The molecule has 2 aliphatic rings. The molecule has 0 aromatic heterocycles. The molecule has 3 rings (SSSR count). The molecule has 0 spiro atoms. The van der Waals surface area contributed by atoms with Crippen LogP contribution in [0.25, 0.3) is 0 Å². The highest BCUT2D eigenvalue weighted by atomic mass is 35.5. The highest BCUT2D eigenvalue weighted by Gasteiger charge is 2.39. The zero-order valence-electron chi connectivity index (χ0n) is 15.1. The molecular weight excluding hydrogens is 358 g/mol. The van der Waals surface area contributed by atoms with Crippen molar-refractivity contribution in [2.45, 2.75) is 12.8 Å². The van der Waals surface area contributed by atoms with Crippen LogP contribution in [0.15, 0.2) is 18.2 Å². The highest BCUT2D eigenvalue weighted by Crippen LogP contribution is 2.33. The third kappa shape index (κ3) is 4.04. The predicted molar refractivity (Wildman–Crippen MR) is 101 cm³/mol. The first-order valence-corrected chi connectivity index (χ1v) is 8.58. The van der Waals surface area contributed by atoms with E-state index in [1.807, 2.05) is 4.90 Å². The normalized spacial score (nSPS) is 22.3. The molecule has 8 heteroatoms. The van der Waals surface area contributed by atoms with E-state index in [1.165, 1.54) is 0 Å². The van der Waals surface area contributed by atoms with Crippen molar-refractivity contribution >= 4 is 29.9 Å². The molecule has 2 N–H and O–H groups in total. The van der Waals surface area contributed by atoms with Gasteiger partial charge in [0.2, 0.25) is 11.8 Å². The number of hydrogen-bond donors (Lipinski definition) is 1. The Morgan fingerprint density at radius 2 is 1.85 bits per heavy atom. The summed E-state index contributed by atoms with van der Waals surface area (Å²) in [6.45, 7) is 2.42. The molecular formula is C18H26ClN3O4. The molecule has 26 heavy (non-hydrogen) atoms. The number of carbonyl (C=O) groups excluding carboxylic acids is 2. The fourth-order valence-electron chi connectivity index (χ4n) is 3.55. The number of nitrogens with two attached hydrogens (primary N) is 1. The van der Waals surface area contributed by atoms with Crippen molar-refractivity contribution in [1.29, 1.82) is 0 Å². The SMILES string of the molecule is COc1cc(OC)cc(N2CC(C(=O)N3CCC(CN)C3)CC2=O)c1.Cl. The second kappa shape index (κ2) is 8.60. The fourth-order valence-corrected chi connectivity index (χ4v) is 3.55. The van der Waals surface area contributed by atoms with Gasteiger partial charge in [0, 0.05) is 44.3 Å². The van der Waals surface area contributed by atoms with Gasteiger partial charge in [-0.1, -0.05) is 0 Å². The van der Waals surface area contributed by atoms with Crippen molar-refractivity contribution in [3.05, 3.63) is 18.2 Å². The van der Waals surface area contributed by atoms with Crippen LogP contribution in [-0.4, -0.2) is 57.1 Å². The van der Waals surface area contributed by atoms with Crippen molar-refractivity contribution in [2.75, 3.05) is 45.3 Å². The van der Waals surface area contributed by atoms with Crippen LogP contribution in [0, 0.1) is 11.8 Å². The van der Waals surface area contributed by atoms with E-state index in [2.05, 4.69) is 0 Å². The topological polar surface area (TPSA) is 85.1 Å². The van der Waals surface area contributed by atoms with Crippen molar-refractivity contribution < 1.29 is 19.1 Å². The molecule has 1 aromatic rings. The molecule has 144 valence electrons. The third-order valence-corrected chi connectivity index (χ3v) is 5.05. The van der Waals surface area contributed by atoms with Gasteiger partial charge in [-0.3, -0.25) is 9.59 Å². The van der Waals surface area contributed by atoms with Gasteiger partial charge in [-0.15, -0.1) is 12.4 Å². The van der Waals surface area contributed by atoms with Crippen LogP contribution < -0.4 is 20.1 Å². The fraction of sp³-hybridized carbons (Fsp3) is 0.556. The quantitative estimate of drug-likeness (QED) is 0.828. The average Bonchev–Trinajstić information content (AvgIpc) is 3.27. The minimum absolute atomic E-state index is 0. The third-order valence-electron chi connectivity index (χ3n) is 5.05. The van der Waals surface area contributed by atoms with Crippen molar-refractivity contribution in [1.82, 2.24) is 4.90 Å². The Labute approximate surface area is 159 Å². The van der Waals surface area contributed by atoms with E-state index >= 15 is 0 Å². The number of hydrogen-bond acceptors (Lipinski definition) is 5. The Morgan fingerprint density at radius 3 is 2.38 bits per heavy atom. The summed E-state index contributed by atoms with van der Waals surface area (Å²) < 4.78 is 10.5. The van der Waals surface area contributed by atoms with E-state index in [1.54, 1.807) is 37.3 Å². The zero-order valence-corrected chi connectivity index (χ0v) is 16.0. The Bertz CT molecular complexity index is 648. The van der Waals surface area contributed by atoms with Crippen LogP contribution in [0.4, 0.5) is 5.69 Å². The molecule has 0 aliphatic carbocycles. The second-order valence-electron chi connectivity index (χ2n) is 6.65. The number of nitrogens with zero attached hydrogens (tertiary/aromatic N) is 2. The van der Waals surface area contributed by atoms with E-state index in [9.17, 15) is 9.59 Å². The summed E-state index contributed by atoms with van der Waals surface area (Å²) in [5.41, 5.74) is 6.39.